The zero-order valence-corrected chi connectivity index (χ0v) is 29.3. The third kappa shape index (κ3) is 9.85. The molecule has 51 heavy (non-hydrogen) atoms. The number of likely N-dealkylation sites (tertiary alicyclic amines) is 1. The molecular weight excluding hydrogens is 664 g/mol. The van der Waals surface area contributed by atoms with Crippen molar-refractivity contribution in [3.8, 4) is 23.0 Å². The molecule has 1 amide bonds. The summed E-state index contributed by atoms with van der Waals surface area (Å²) in [5.41, 5.74) is 2.02. The number of aliphatic carboxylic acids is 1. The molecular formula is C39H44F4N4O4. The normalized spacial score (nSPS) is 17.5. The molecule has 1 aliphatic heterocycles. The quantitative estimate of drug-likeness (QED) is 0.158. The van der Waals surface area contributed by atoms with Gasteiger partial charge in [-0.15, -0.1) is 0 Å². The van der Waals surface area contributed by atoms with Crippen molar-refractivity contribution < 1.29 is 32.3 Å². The maximum atomic E-state index is 14.2. The minimum atomic E-state index is -4.82. The molecule has 2 fully saturated rings. The van der Waals surface area contributed by atoms with Crippen LogP contribution in [0.5, 0.6) is 0 Å². The zero-order valence-electron chi connectivity index (χ0n) is 29.3. The standard InChI is InChI=1S/C39H44F4N4O4/c1-23(2)16-34(47-21-27(12-14-46-15-13-29(40)22-46)31(19-35(47)48)39(41,42)43)38(51)45-33(20-36(49)50)32-18-28(37-24(3)6-5-7-25(37)4)17-30(44-32)11-10-26-8-9-26/h5-7,17-19,21,23,26,29,33-34H,8-9,12-16,20,22H2,1-4H3,(H,45,51)(H,49,50)/t29-,33+,34+/m1/s1. The highest BCUT2D eigenvalue weighted by atomic mass is 19.4. The number of halogens is 4. The van der Waals surface area contributed by atoms with Crippen LogP contribution >= 0.6 is 0 Å². The van der Waals surface area contributed by atoms with Gasteiger partial charge < -0.3 is 19.9 Å². The molecule has 1 saturated carbocycles. The SMILES string of the molecule is Cc1cccc(C)c1-c1cc(C#CC2CC2)nc([C@H](CC(=O)O)NC(=O)[C@H](CC(C)C)n2cc(CCN3CC[C@@H](F)C3)c(C(F)(F)F)cc2=O)c1. The lowest BCUT2D eigenvalue weighted by atomic mass is 9.94. The van der Waals surface area contributed by atoms with Crippen molar-refractivity contribution in [1.82, 2.24) is 19.8 Å². The van der Waals surface area contributed by atoms with Gasteiger partial charge in [0.2, 0.25) is 5.91 Å². The Morgan fingerprint density at radius 1 is 1.10 bits per heavy atom. The van der Waals surface area contributed by atoms with E-state index >= 15 is 0 Å². The summed E-state index contributed by atoms with van der Waals surface area (Å²) in [5.74, 6) is 4.47. The lowest BCUT2D eigenvalue weighted by molar-refractivity contribution is -0.139. The fourth-order valence-electron chi connectivity index (χ4n) is 6.64. The van der Waals surface area contributed by atoms with E-state index in [9.17, 15) is 37.1 Å². The molecule has 3 heterocycles. The van der Waals surface area contributed by atoms with Gasteiger partial charge in [0, 0.05) is 37.8 Å². The Hall–Kier alpha value is -4.50. The molecule has 8 nitrogen and oxygen atoms in total. The van der Waals surface area contributed by atoms with E-state index < -0.39 is 53.9 Å². The van der Waals surface area contributed by atoms with Gasteiger partial charge in [0.05, 0.1) is 23.7 Å². The molecule has 2 aromatic heterocycles. The number of pyridine rings is 2. The van der Waals surface area contributed by atoms with Crippen LogP contribution < -0.4 is 10.9 Å². The van der Waals surface area contributed by atoms with E-state index in [1.54, 1.807) is 11.0 Å². The van der Waals surface area contributed by atoms with Crippen LogP contribution in [0, 0.1) is 37.5 Å². The van der Waals surface area contributed by atoms with Gasteiger partial charge in [-0.2, -0.15) is 13.2 Å². The van der Waals surface area contributed by atoms with Crippen molar-refractivity contribution in [2.45, 2.75) is 90.7 Å². The minimum absolute atomic E-state index is 0.0833. The van der Waals surface area contributed by atoms with Crippen molar-refractivity contribution in [1.29, 1.82) is 0 Å². The minimum Gasteiger partial charge on any atom is -0.481 e. The van der Waals surface area contributed by atoms with Crippen LogP contribution in [0.4, 0.5) is 17.6 Å². The first kappa shape index (κ1) is 37.7. The van der Waals surface area contributed by atoms with Crippen molar-refractivity contribution in [2.24, 2.45) is 11.8 Å². The predicted octanol–water partition coefficient (Wildman–Crippen LogP) is 6.81. The third-order valence-electron chi connectivity index (χ3n) is 9.36. The van der Waals surface area contributed by atoms with Crippen LogP contribution in [0.15, 0.2) is 47.4 Å². The van der Waals surface area contributed by atoms with Crippen LogP contribution in [0.1, 0.15) is 91.7 Å². The van der Waals surface area contributed by atoms with Crippen LogP contribution in [0.2, 0.25) is 0 Å². The molecule has 2 N–H and O–H groups in total. The molecule has 0 bridgehead atoms. The lowest BCUT2D eigenvalue weighted by Crippen LogP contribution is -2.41. The number of amides is 1. The fourth-order valence-corrected chi connectivity index (χ4v) is 6.64. The van der Waals surface area contributed by atoms with Gasteiger partial charge in [0.15, 0.2) is 0 Å². The van der Waals surface area contributed by atoms with E-state index in [1.165, 1.54) is 0 Å². The molecule has 12 heteroatoms. The lowest BCUT2D eigenvalue weighted by Gasteiger charge is -2.26. The number of carboxylic acid groups (broad SMARTS) is 1. The molecule has 1 saturated heterocycles. The van der Waals surface area contributed by atoms with Crippen molar-refractivity contribution in [2.75, 3.05) is 19.6 Å². The molecule has 0 unspecified atom stereocenters. The van der Waals surface area contributed by atoms with E-state index in [4.69, 9.17) is 0 Å². The molecule has 3 aromatic rings. The average molecular weight is 709 g/mol. The highest BCUT2D eigenvalue weighted by Crippen LogP contribution is 2.34. The van der Waals surface area contributed by atoms with Crippen molar-refractivity contribution in [3.05, 3.63) is 86.6 Å². The number of carbonyl (C=O) groups excluding carboxylic acids is 1. The Labute approximate surface area is 295 Å². The van der Waals surface area contributed by atoms with Gasteiger partial charge in [-0.1, -0.05) is 38.0 Å². The predicted molar refractivity (Wildman–Crippen MR) is 186 cm³/mol. The van der Waals surface area contributed by atoms with Crippen LogP contribution in [-0.2, 0) is 22.2 Å². The second-order valence-corrected chi connectivity index (χ2v) is 14.2. The van der Waals surface area contributed by atoms with Crippen LogP contribution in [-0.4, -0.2) is 57.2 Å². The number of nitrogens with zero attached hydrogens (tertiary/aromatic N) is 3. The summed E-state index contributed by atoms with van der Waals surface area (Å²) in [4.78, 5) is 46.1. The number of hydrogen-bond acceptors (Lipinski definition) is 5. The van der Waals surface area contributed by atoms with E-state index in [0.29, 0.717) is 24.7 Å². The van der Waals surface area contributed by atoms with E-state index in [2.05, 4.69) is 22.1 Å². The molecule has 5 rings (SSSR count). The molecule has 272 valence electrons. The second kappa shape index (κ2) is 15.8. The molecule has 2 aliphatic rings. The van der Waals surface area contributed by atoms with Gasteiger partial charge >= 0.3 is 12.1 Å². The summed E-state index contributed by atoms with van der Waals surface area (Å²) in [6.45, 7) is 8.24. The first-order valence-electron chi connectivity index (χ1n) is 17.4. The number of rotatable bonds is 12. The summed E-state index contributed by atoms with van der Waals surface area (Å²) in [7, 11) is 0. The van der Waals surface area contributed by atoms with Gasteiger partial charge in [-0.05, 0) is 97.7 Å². The highest BCUT2D eigenvalue weighted by Gasteiger charge is 2.36. The zero-order chi connectivity index (χ0) is 37.0. The number of carbonyl (C=O) groups is 2. The van der Waals surface area contributed by atoms with Gasteiger partial charge in [-0.25, -0.2) is 9.37 Å². The van der Waals surface area contributed by atoms with Gasteiger partial charge in [0.25, 0.3) is 5.56 Å². The number of benzene rings is 1. The Morgan fingerprint density at radius 3 is 2.39 bits per heavy atom. The molecule has 0 spiro atoms. The molecule has 3 atom stereocenters. The number of carboxylic acids is 1. The topological polar surface area (TPSA) is 105 Å². The number of aryl methyl sites for hydroxylation is 2. The Balaban J connectivity index is 1.54. The Kier molecular flexibility index (Phi) is 11.7. The highest BCUT2D eigenvalue weighted by molar-refractivity contribution is 5.82. The monoisotopic (exact) mass is 708 g/mol. The smallest absolute Gasteiger partial charge is 0.416 e. The number of alkyl halides is 4. The molecule has 1 aliphatic carbocycles. The second-order valence-electron chi connectivity index (χ2n) is 14.2. The third-order valence-corrected chi connectivity index (χ3v) is 9.36. The Bertz CT molecular complexity index is 1870. The maximum absolute atomic E-state index is 14.2. The summed E-state index contributed by atoms with van der Waals surface area (Å²) in [5, 5.41) is 12.7. The summed E-state index contributed by atoms with van der Waals surface area (Å²) in [6.07, 6.45) is -3.07. The van der Waals surface area contributed by atoms with E-state index in [1.807, 2.05) is 52.0 Å². The van der Waals surface area contributed by atoms with Crippen LogP contribution in [0.3, 0.4) is 0 Å². The van der Waals surface area contributed by atoms with Crippen molar-refractivity contribution in [3.63, 3.8) is 0 Å². The number of aromatic nitrogens is 2. The molecule has 0 radical (unpaired) electrons. The van der Waals surface area contributed by atoms with Gasteiger partial charge in [-0.3, -0.25) is 14.4 Å². The maximum Gasteiger partial charge on any atom is 0.416 e. The first-order valence-corrected chi connectivity index (χ1v) is 17.4. The fraction of sp³-hybridized carbons (Fsp3) is 0.487. The largest absolute Gasteiger partial charge is 0.481 e. The summed E-state index contributed by atoms with van der Waals surface area (Å²) >= 11 is 0. The van der Waals surface area contributed by atoms with E-state index in [-0.39, 0.29) is 49.0 Å². The summed E-state index contributed by atoms with van der Waals surface area (Å²) < 4.78 is 57.2. The number of nitrogens with one attached hydrogen (secondary N) is 1. The van der Waals surface area contributed by atoms with Crippen molar-refractivity contribution >= 4 is 11.9 Å². The van der Waals surface area contributed by atoms with E-state index in [0.717, 1.165) is 45.9 Å². The molecule has 1 aromatic carbocycles. The Morgan fingerprint density at radius 2 is 1.80 bits per heavy atom. The van der Waals surface area contributed by atoms with Crippen LogP contribution in [0.25, 0.3) is 11.1 Å². The number of hydrogen-bond donors (Lipinski definition) is 2. The summed E-state index contributed by atoms with van der Waals surface area (Å²) in [6, 6.07) is 7.53. The first-order chi connectivity index (χ1) is 24.1. The van der Waals surface area contributed by atoms with Gasteiger partial charge in [0.1, 0.15) is 17.9 Å². The average Bonchev–Trinajstić information content (AvgIpc) is 3.79.